The van der Waals surface area contributed by atoms with Crippen LogP contribution in [-0.4, -0.2) is 56.9 Å². The lowest BCUT2D eigenvalue weighted by Crippen LogP contribution is -2.34. The first-order valence-electron chi connectivity index (χ1n) is 16.2. The molecule has 2 aromatic heterocycles. The van der Waals surface area contributed by atoms with E-state index >= 15 is 0 Å². The zero-order valence-corrected chi connectivity index (χ0v) is 27.8. The Balaban J connectivity index is 0.000000208. The van der Waals surface area contributed by atoms with E-state index in [4.69, 9.17) is 5.73 Å². The highest BCUT2D eigenvalue weighted by Crippen LogP contribution is 2.52. The minimum Gasteiger partial charge on any atom is -0.344 e. The third kappa shape index (κ3) is 9.82. The van der Waals surface area contributed by atoms with Crippen molar-refractivity contribution in [3.63, 3.8) is 0 Å². The Morgan fingerprint density at radius 2 is 1.08 bits per heavy atom. The largest absolute Gasteiger partial charge is 0.416 e. The number of aromatic nitrogens is 4. The number of carbonyl (C=O) groups is 3. The zero-order valence-electron chi connectivity index (χ0n) is 27.8. The van der Waals surface area contributed by atoms with Gasteiger partial charge in [-0.3, -0.25) is 14.4 Å². The molecule has 0 atom stereocenters. The van der Waals surface area contributed by atoms with Crippen molar-refractivity contribution >= 4 is 17.5 Å². The first-order valence-corrected chi connectivity index (χ1v) is 16.2. The van der Waals surface area contributed by atoms with Gasteiger partial charge in [0.25, 0.3) is 5.91 Å². The molecule has 17 heteroatoms. The van der Waals surface area contributed by atoms with Crippen LogP contribution in [0.1, 0.15) is 80.3 Å². The summed E-state index contributed by atoms with van der Waals surface area (Å²) in [6, 6.07) is 10.6. The topological polar surface area (TPSA) is 141 Å². The molecule has 280 valence electrons. The first kappa shape index (κ1) is 39.0. The maximum absolute atomic E-state index is 13.0. The molecule has 2 aromatic carbocycles. The fourth-order valence-corrected chi connectivity index (χ4v) is 5.74. The number of amides is 1. The van der Waals surface area contributed by atoms with E-state index in [-0.39, 0.29) is 23.3 Å². The Labute approximate surface area is 297 Å². The second kappa shape index (κ2) is 15.4. The van der Waals surface area contributed by atoms with E-state index in [1.54, 1.807) is 17.4 Å². The fourth-order valence-electron chi connectivity index (χ4n) is 5.74. The molecule has 0 bridgehead atoms. The number of benzene rings is 2. The molecular formula is C36H32F8N6O3. The van der Waals surface area contributed by atoms with Gasteiger partial charge in [-0.25, -0.2) is 19.9 Å². The van der Waals surface area contributed by atoms with Gasteiger partial charge in [0.05, 0.1) is 35.3 Å². The van der Waals surface area contributed by atoms with Gasteiger partial charge in [-0.15, -0.1) is 0 Å². The van der Waals surface area contributed by atoms with Gasteiger partial charge in [0.1, 0.15) is 11.6 Å². The van der Waals surface area contributed by atoms with E-state index < -0.39 is 53.6 Å². The molecule has 53 heavy (non-hydrogen) atoms. The highest BCUT2D eigenvalue weighted by Gasteiger charge is 2.47. The molecule has 2 aliphatic rings. The summed E-state index contributed by atoms with van der Waals surface area (Å²) < 4.78 is 102. The second-order valence-electron chi connectivity index (χ2n) is 12.9. The number of hydrogen-bond acceptors (Lipinski definition) is 8. The number of alkyl halides is 8. The summed E-state index contributed by atoms with van der Waals surface area (Å²) in [6.07, 6.45) is -3.01. The molecule has 2 heterocycles. The van der Waals surface area contributed by atoms with Crippen LogP contribution in [-0.2, 0) is 40.8 Å². The van der Waals surface area contributed by atoms with Crippen molar-refractivity contribution in [3.8, 4) is 0 Å². The molecule has 1 amide bonds. The number of carbonyl (C=O) groups excluding carboxylic acids is 3. The van der Waals surface area contributed by atoms with Crippen molar-refractivity contribution < 1.29 is 49.5 Å². The Kier molecular flexibility index (Phi) is 11.4. The molecule has 0 saturated heterocycles. The van der Waals surface area contributed by atoms with Crippen molar-refractivity contribution in [1.29, 1.82) is 0 Å². The fraction of sp³-hybridized carbons (Fsp3) is 0.361. The van der Waals surface area contributed by atoms with Gasteiger partial charge < -0.3 is 11.1 Å². The number of nitrogens with two attached hydrogens (primary N) is 1. The van der Waals surface area contributed by atoms with Crippen LogP contribution in [0.4, 0.5) is 35.1 Å². The Morgan fingerprint density at radius 1 is 0.679 bits per heavy atom. The Bertz CT molecular complexity index is 1940. The van der Waals surface area contributed by atoms with E-state index in [0.717, 1.165) is 31.0 Å². The van der Waals surface area contributed by atoms with Crippen LogP contribution in [0, 0.1) is 0 Å². The van der Waals surface area contributed by atoms with Crippen LogP contribution < -0.4 is 11.1 Å². The van der Waals surface area contributed by atoms with Crippen LogP contribution in [0.15, 0.2) is 73.3 Å². The van der Waals surface area contributed by atoms with Crippen molar-refractivity contribution in [2.45, 2.75) is 68.1 Å². The van der Waals surface area contributed by atoms with Gasteiger partial charge in [-0.1, -0.05) is 36.4 Å². The normalized spacial score (nSPS) is 15.6. The molecular weight excluding hydrogens is 716 g/mol. The van der Waals surface area contributed by atoms with Gasteiger partial charge in [-0.05, 0) is 48.9 Å². The molecule has 0 spiro atoms. The predicted molar refractivity (Wildman–Crippen MR) is 173 cm³/mol. The number of Topliss-reactive ketones (excluding diaryl/α,β-unsaturated/α-hetero) is 2. The molecule has 6 rings (SSSR count). The maximum Gasteiger partial charge on any atom is 0.416 e. The van der Waals surface area contributed by atoms with Crippen LogP contribution in [0.2, 0.25) is 0 Å². The Morgan fingerprint density at radius 3 is 1.42 bits per heavy atom. The third-order valence-electron chi connectivity index (χ3n) is 9.17. The number of rotatable bonds is 12. The monoisotopic (exact) mass is 748 g/mol. The summed E-state index contributed by atoms with van der Waals surface area (Å²) in [5.74, 6) is -1.57. The van der Waals surface area contributed by atoms with Gasteiger partial charge in [0, 0.05) is 48.5 Å². The van der Waals surface area contributed by atoms with Crippen LogP contribution >= 0.6 is 0 Å². The first-order chi connectivity index (χ1) is 24.9. The van der Waals surface area contributed by atoms with Gasteiger partial charge >= 0.3 is 18.8 Å². The summed E-state index contributed by atoms with van der Waals surface area (Å²) in [7, 11) is 0. The number of hydrogen-bond donors (Lipinski definition) is 2. The summed E-state index contributed by atoms with van der Waals surface area (Å²) in [5.41, 5.74) is 4.69. The summed E-state index contributed by atoms with van der Waals surface area (Å²) in [4.78, 5) is 50.6. The highest BCUT2D eigenvalue weighted by atomic mass is 19.4. The average molecular weight is 749 g/mol. The quantitative estimate of drug-likeness (QED) is 0.128. The molecule has 2 saturated carbocycles. The van der Waals surface area contributed by atoms with E-state index in [1.165, 1.54) is 43.0 Å². The molecule has 0 radical (unpaired) electrons. The average Bonchev–Trinajstić information content (AvgIpc) is 4.08. The minimum absolute atomic E-state index is 0.0345. The summed E-state index contributed by atoms with van der Waals surface area (Å²) >= 11 is 0. The highest BCUT2D eigenvalue weighted by molar-refractivity contribution is 5.99. The van der Waals surface area contributed by atoms with Gasteiger partial charge in [-0.2, -0.15) is 35.1 Å². The minimum atomic E-state index is -4.43. The zero-order chi connectivity index (χ0) is 38.6. The van der Waals surface area contributed by atoms with Gasteiger partial charge in [0.15, 0.2) is 11.6 Å². The number of nitrogens with one attached hydrogen (secondary N) is 1. The second-order valence-corrected chi connectivity index (χ2v) is 12.9. The molecule has 2 fully saturated rings. The third-order valence-corrected chi connectivity index (χ3v) is 9.17. The molecule has 9 nitrogen and oxygen atoms in total. The molecule has 0 aliphatic heterocycles. The SMILES string of the molecule is NCC(=O)c1cnc(CC2(c3cccc(C(F)(F)F)c3)CC2)nc1.O=C(CNC(=O)C(F)F)c1cnc(CC2(c3cccc(C(F)(F)F)c3)CC2)nc1. The van der Waals surface area contributed by atoms with Crippen molar-refractivity contribution in [1.82, 2.24) is 25.3 Å². The standard InChI is InChI=1S/C19H16F5N3O2.C17H16F3N3O/c20-16(21)17(29)27-10-14(28)11-8-25-15(26-9-11)7-18(4-5-18)12-2-1-3-13(6-12)19(22,23)24;18-17(19,20)13-3-1-2-12(6-13)16(4-5-16)7-15-22-9-11(10-23-15)14(24)8-21/h1-3,6,8-9,16H,4-5,7,10H2,(H,27,29);1-3,6,9-10H,4-5,7-8,21H2. The molecule has 2 aliphatic carbocycles. The summed E-state index contributed by atoms with van der Waals surface area (Å²) in [6.45, 7) is -0.725. The molecule has 0 unspecified atom stereocenters. The predicted octanol–water partition coefficient (Wildman–Crippen LogP) is 6.24. The lowest BCUT2D eigenvalue weighted by atomic mass is 9.90. The van der Waals surface area contributed by atoms with E-state index in [2.05, 4.69) is 19.9 Å². The van der Waals surface area contributed by atoms with Crippen LogP contribution in [0.5, 0.6) is 0 Å². The van der Waals surface area contributed by atoms with Crippen LogP contribution in [0.3, 0.4) is 0 Å². The lowest BCUT2D eigenvalue weighted by Gasteiger charge is -2.17. The lowest BCUT2D eigenvalue weighted by molar-refractivity contribution is -0.138. The van der Waals surface area contributed by atoms with E-state index in [1.807, 2.05) is 0 Å². The number of halogens is 8. The number of ketones is 2. The molecule has 3 N–H and O–H groups in total. The van der Waals surface area contributed by atoms with Crippen molar-refractivity contribution in [2.24, 2.45) is 5.73 Å². The molecule has 4 aromatic rings. The number of nitrogens with zero attached hydrogens (tertiary/aromatic N) is 4. The van der Waals surface area contributed by atoms with Crippen LogP contribution in [0.25, 0.3) is 0 Å². The van der Waals surface area contributed by atoms with E-state index in [9.17, 15) is 49.5 Å². The van der Waals surface area contributed by atoms with E-state index in [0.29, 0.717) is 54.0 Å². The van der Waals surface area contributed by atoms with Crippen molar-refractivity contribution in [2.75, 3.05) is 13.1 Å². The Hall–Kier alpha value is -5.19. The van der Waals surface area contributed by atoms with Crippen molar-refractivity contribution in [3.05, 3.63) is 118 Å². The maximum atomic E-state index is 13.0. The smallest absolute Gasteiger partial charge is 0.344 e. The summed E-state index contributed by atoms with van der Waals surface area (Å²) in [5, 5.41) is 1.80. The van der Waals surface area contributed by atoms with Gasteiger partial charge in [0.2, 0.25) is 0 Å².